The molecule has 0 radical (unpaired) electrons. The first-order chi connectivity index (χ1) is 17.1. The Balaban J connectivity index is 1.68. The third kappa shape index (κ3) is 5.63. The summed E-state index contributed by atoms with van der Waals surface area (Å²) in [5, 5.41) is 15.0. The number of azo groups is 1. The summed E-state index contributed by atoms with van der Waals surface area (Å²) in [6.45, 7) is 0.597. The zero-order valence-corrected chi connectivity index (χ0v) is 21.0. The fraction of sp³-hybridized carbons (Fsp3) is 0.192. The van der Waals surface area contributed by atoms with E-state index in [2.05, 4.69) is 36.4 Å². The number of hydrogen-bond donors (Lipinski definition) is 2. The summed E-state index contributed by atoms with van der Waals surface area (Å²) >= 11 is 3.43. The van der Waals surface area contributed by atoms with Gasteiger partial charge in [0.2, 0.25) is 0 Å². The first-order valence-electron chi connectivity index (χ1n) is 11.0. The van der Waals surface area contributed by atoms with E-state index in [1.54, 1.807) is 26.4 Å². The number of nitrogens with zero attached hydrogens (tertiary/aromatic N) is 2. The van der Waals surface area contributed by atoms with Gasteiger partial charge in [0.1, 0.15) is 5.75 Å². The number of H-pyrrole nitrogens is 2. The molecule has 8 nitrogen and oxygen atoms in total. The largest absolute Gasteiger partial charge is 0.493 e. The molecule has 0 saturated heterocycles. The summed E-state index contributed by atoms with van der Waals surface area (Å²) in [5.41, 5.74) is 3.49. The van der Waals surface area contributed by atoms with Gasteiger partial charge in [-0.05, 0) is 48.4 Å². The van der Waals surface area contributed by atoms with Gasteiger partial charge >= 0.3 is 0 Å². The summed E-state index contributed by atoms with van der Waals surface area (Å²) in [7, 11) is 3.12. The van der Waals surface area contributed by atoms with Gasteiger partial charge in [0.15, 0.2) is 17.2 Å². The smallest absolute Gasteiger partial charge is 0.292 e. The zero-order valence-electron chi connectivity index (χ0n) is 19.4. The summed E-state index contributed by atoms with van der Waals surface area (Å²) in [6.07, 6.45) is 0.894. The molecule has 0 aliphatic rings. The van der Waals surface area contributed by atoms with Gasteiger partial charge < -0.3 is 14.2 Å². The van der Waals surface area contributed by atoms with Crippen LogP contribution in [0.2, 0.25) is 0 Å². The lowest BCUT2D eigenvalue weighted by atomic mass is 10.0. The number of nitrogens with one attached hydrogen (secondary N) is 2. The van der Waals surface area contributed by atoms with Crippen molar-refractivity contribution >= 4 is 27.3 Å². The highest BCUT2D eigenvalue weighted by atomic mass is 79.9. The SMILES string of the molecule is COc1ccc(-c2[nH][nH]c(=O)c2N=Nc2ccc(OCCCBr)c(-c3ccccc3)c2)cc1OC. The van der Waals surface area contributed by atoms with E-state index in [9.17, 15) is 4.79 Å². The number of aromatic amines is 2. The predicted molar refractivity (Wildman–Crippen MR) is 140 cm³/mol. The first-order valence-corrected chi connectivity index (χ1v) is 12.1. The van der Waals surface area contributed by atoms with Crippen LogP contribution in [0.1, 0.15) is 6.42 Å². The second-order valence-electron chi connectivity index (χ2n) is 7.51. The van der Waals surface area contributed by atoms with Gasteiger partial charge in [0.05, 0.1) is 32.2 Å². The van der Waals surface area contributed by atoms with Gasteiger partial charge in [-0.15, -0.1) is 5.11 Å². The molecule has 0 saturated carbocycles. The molecular weight excluding hydrogens is 512 g/mol. The number of halogens is 1. The third-order valence-electron chi connectivity index (χ3n) is 5.27. The first kappa shape index (κ1) is 24.3. The van der Waals surface area contributed by atoms with Crippen molar-refractivity contribution in [2.75, 3.05) is 26.2 Å². The highest BCUT2D eigenvalue weighted by molar-refractivity contribution is 9.09. The summed E-state index contributed by atoms with van der Waals surface area (Å²) in [6, 6.07) is 20.9. The lowest BCUT2D eigenvalue weighted by molar-refractivity contribution is 0.320. The molecule has 0 aliphatic carbocycles. The van der Waals surface area contributed by atoms with Crippen LogP contribution in [0.25, 0.3) is 22.4 Å². The van der Waals surface area contributed by atoms with Gasteiger partial charge in [-0.25, -0.2) is 0 Å². The van der Waals surface area contributed by atoms with Crippen LogP contribution in [0.15, 0.2) is 81.8 Å². The molecule has 0 amide bonds. The average Bonchev–Trinajstić information content (AvgIpc) is 3.28. The van der Waals surface area contributed by atoms with E-state index in [-0.39, 0.29) is 11.2 Å². The molecule has 35 heavy (non-hydrogen) atoms. The predicted octanol–water partition coefficient (Wildman–Crippen LogP) is 6.63. The Bertz CT molecular complexity index is 1370. The third-order valence-corrected chi connectivity index (χ3v) is 5.83. The van der Waals surface area contributed by atoms with E-state index in [1.165, 1.54) is 0 Å². The molecule has 0 aliphatic heterocycles. The van der Waals surface area contributed by atoms with Gasteiger partial charge in [-0.2, -0.15) is 5.11 Å². The Morgan fingerprint density at radius 3 is 2.34 bits per heavy atom. The molecule has 0 unspecified atom stereocenters. The standard InChI is InChI=1S/C26H25BrN4O4/c1-33-22-11-9-18(15-23(22)34-2)24-25(26(32)31-29-24)30-28-19-10-12-21(35-14-6-13-27)20(16-19)17-7-4-3-5-8-17/h3-5,7-12,15-16H,6,13-14H2,1-2H3,(H2,29,31,32). The van der Waals surface area contributed by atoms with E-state index in [0.717, 1.165) is 28.6 Å². The fourth-order valence-electron chi connectivity index (χ4n) is 3.54. The number of rotatable bonds is 10. The molecule has 180 valence electrons. The molecule has 9 heteroatoms. The molecular formula is C26H25BrN4O4. The van der Waals surface area contributed by atoms with E-state index in [0.29, 0.717) is 35.1 Å². The number of hydrogen-bond acceptors (Lipinski definition) is 6. The van der Waals surface area contributed by atoms with Crippen LogP contribution in [0.5, 0.6) is 17.2 Å². The Hall–Kier alpha value is -3.85. The van der Waals surface area contributed by atoms with Crippen molar-refractivity contribution in [1.29, 1.82) is 0 Å². The van der Waals surface area contributed by atoms with Crippen LogP contribution in [0.4, 0.5) is 11.4 Å². The second kappa shape index (κ2) is 11.5. The highest BCUT2D eigenvalue weighted by Gasteiger charge is 2.15. The molecule has 4 aromatic rings. The quantitative estimate of drug-likeness (QED) is 0.135. The van der Waals surface area contributed by atoms with Crippen molar-refractivity contribution in [1.82, 2.24) is 10.2 Å². The Labute approximate surface area is 211 Å². The van der Waals surface area contributed by atoms with Crippen molar-refractivity contribution in [3.63, 3.8) is 0 Å². The molecule has 4 rings (SSSR count). The second-order valence-corrected chi connectivity index (χ2v) is 8.30. The maximum Gasteiger partial charge on any atom is 0.292 e. The molecule has 0 bridgehead atoms. The number of benzene rings is 3. The molecule has 0 fully saturated rings. The number of aromatic nitrogens is 2. The van der Waals surface area contributed by atoms with Crippen LogP contribution < -0.4 is 19.8 Å². The van der Waals surface area contributed by atoms with E-state index >= 15 is 0 Å². The zero-order chi connectivity index (χ0) is 24.6. The topological polar surface area (TPSA) is 101 Å². The maximum atomic E-state index is 12.5. The Morgan fingerprint density at radius 2 is 1.60 bits per heavy atom. The van der Waals surface area contributed by atoms with Crippen LogP contribution in [-0.2, 0) is 0 Å². The summed E-state index contributed by atoms with van der Waals surface area (Å²) < 4.78 is 16.7. The summed E-state index contributed by atoms with van der Waals surface area (Å²) in [4.78, 5) is 12.5. The van der Waals surface area contributed by atoms with Crippen LogP contribution in [0, 0.1) is 0 Å². The van der Waals surface area contributed by atoms with Gasteiger partial charge in [-0.3, -0.25) is 15.0 Å². The summed E-state index contributed by atoms with van der Waals surface area (Å²) in [5.74, 6) is 1.89. The minimum atomic E-state index is -0.378. The van der Waals surface area contributed by atoms with Crippen LogP contribution in [0.3, 0.4) is 0 Å². The van der Waals surface area contributed by atoms with Crippen molar-refractivity contribution < 1.29 is 14.2 Å². The molecule has 2 N–H and O–H groups in total. The van der Waals surface area contributed by atoms with Gasteiger partial charge in [0.25, 0.3) is 5.56 Å². The van der Waals surface area contributed by atoms with E-state index in [4.69, 9.17) is 14.2 Å². The number of alkyl halides is 1. The molecule has 0 spiro atoms. The van der Waals surface area contributed by atoms with E-state index < -0.39 is 0 Å². The Kier molecular flexibility index (Phi) is 7.99. The fourth-order valence-corrected chi connectivity index (χ4v) is 3.77. The van der Waals surface area contributed by atoms with Crippen LogP contribution >= 0.6 is 15.9 Å². The normalized spacial score (nSPS) is 11.1. The minimum Gasteiger partial charge on any atom is -0.493 e. The highest BCUT2D eigenvalue weighted by Crippen LogP contribution is 2.36. The van der Waals surface area contributed by atoms with Crippen molar-refractivity contribution in [2.45, 2.75) is 6.42 Å². The molecule has 1 aromatic heterocycles. The van der Waals surface area contributed by atoms with Crippen molar-refractivity contribution in [2.24, 2.45) is 10.2 Å². The average molecular weight is 537 g/mol. The van der Waals surface area contributed by atoms with Crippen LogP contribution in [-0.4, -0.2) is 36.4 Å². The molecule has 1 heterocycles. The minimum absolute atomic E-state index is 0.163. The van der Waals surface area contributed by atoms with E-state index in [1.807, 2.05) is 54.6 Å². The van der Waals surface area contributed by atoms with Crippen molar-refractivity contribution in [3.05, 3.63) is 77.1 Å². The lowest BCUT2D eigenvalue weighted by Gasteiger charge is -2.12. The Morgan fingerprint density at radius 1 is 0.829 bits per heavy atom. The lowest BCUT2D eigenvalue weighted by Crippen LogP contribution is -1.99. The number of ether oxygens (including phenoxy) is 3. The van der Waals surface area contributed by atoms with Gasteiger partial charge in [0, 0.05) is 16.5 Å². The van der Waals surface area contributed by atoms with Gasteiger partial charge in [-0.1, -0.05) is 46.3 Å². The molecule has 3 aromatic carbocycles. The van der Waals surface area contributed by atoms with Crippen molar-refractivity contribution in [3.8, 4) is 39.6 Å². The monoisotopic (exact) mass is 536 g/mol. The maximum absolute atomic E-state index is 12.5. The number of methoxy groups -OCH3 is 2. The molecule has 0 atom stereocenters.